The van der Waals surface area contributed by atoms with Crippen molar-refractivity contribution < 1.29 is 14.1 Å². The number of imidazole rings is 1. The van der Waals surface area contributed by atoms with Gasteiger partial charge in [0.25, 0.3) is 0 Å². The van der Waals surface area contributed by atoms with Gasteiger partial charge in [-0.2, -0.15) is 0 Å². The van der Waals surface area contributed by atoms with Crippen LogP contribution in [0.2, 0.25) is 0 Å². The standard InChI is InChI=1S/C20H31BN2O3/c1-18(2,3)23-16-11-14(9-10-15(16)22-17(23)12-24-8)21-13-25-19(4,5)20(6,7)26-21/h9-11H,12-13H2,1-8H3. The first-order valence-electron chi connectivity index (χ1n) is 9.29. The first kappa shape index (κ1) is 19.4. The Bertz CT molecular complexity index is 805. The van der Waals surface area contributed by atoms with Gasteiger partial charge in [-0.25, -0.2) is 4.98 Å². The van der Waals surface area contributed by atoms with Gasteiger partial charge in [-0.1, -0.05) is 6.07 Å². The molecule has 3 rings (SSSR count). The van der Waals surface area contributed by atoms with Crippen molar-refractivity contribution in [2.75, 3.05) is 13.6 Å². The molecule has 0 unspecified atom stereocenters. The Labute approximate surface area is 157 Å². The van der Waals surface area contributed by atoms with Gasteiger partial charge in [0.15, 0.2) is 0 Å². The van der Waals surface area contributed by atoms with Crippen molar-refractivity contribution in [2.45, 2.75) is 71.8 Å². The Morgan fingerprint density at radius 2 is 1.88 bits per heavy atom. The van der Waals surface area contributed by atoms with Gasteiger partial charge in [0.05, 0.1) is 28.7 Å². The fourth-order valence-electron chi connectivity index (χ4n) is 3.47. The number of hydrogen-bond acceptors (Lipinski definition) is 4. The Balaban J connectivity index is 2.04. The van der Waals surface area contributed by atoms with Crippen LogP contribution in [-0.4, -0.2) is 41.3 Å². The van der Waals surface area contributed by atoms with Gasteiger partial charge in [0.2, 0.25) is 0 Å². The number of aromatic nitrogens is 2. The van der Waals surface area contributed by atoms with Crippen molar-refractivity contribution in [2.24, 2.45) is 0 Å². The molecule has 0 N–H and O–H groups in total. The summed E-state index contributed by atoms with van der Waals surface area (Å²) in [5, 5.41) is 0. The molecular formula is C20H31BN2O3. The van der Waals surface area contributed by atoms with Crippen molar-refractivity contribution in [3.63, 3.8) is 0 Å². The van der Waals surface area contributed by atoms with E-state index in [9.17, 15) is 0 Å². The third-order valence-electron chi connectivity index (χ3n) is 5.55. The van der Waals surface area contributed by atoms with E-state index in [-0.39, 0.29) is 23.7 Å². The topological polar surface area (TPSA) is 45.5 Å². The number of ether oxygens (including phenoxy) is 2. The predicted octanol–water partition coefficient (Wildman–Crippen LogP) is 3.28. The van der Waals surface area contributed by atoms with Crippen LogP contribution in [0.5, 0.6) is 0 Å². The zero-order chi connectivity index (χ0) is 19.3. The van der Waals surface area contributed by atoms with Crippen LogP contribution in [0.4, 0.5) is 0 Å². The lowest BCUT2D eigenvalue weighted by atomic mass is 9.59. The summed E-state index contributed by atoms with van der Waals surface area (Å²) in [5.74, 6) is 0.939. The number of benzene rings is 1. The van der Waals surface area contributed by atoms with Crippen molar-refractivity contribution in [1.82, 2.24) is 9.55 Å². The molecule has 0 amide bonds. The normalized spacial score (nSPS) is 19.9. The van der Waals surface area contributed by atoms with Gasteiger partial charge in [-0.05, 0) is 66.1 Å². The van der Waals surface area contributed by atoms with E-state index in [1.807, 2.05) is 0 Å². The van der Waals surface area contributed by atoms with E-state index in [1.165, 1.54) is 0 Å². The average Bonchev–Trinajstić information content (AvgIpc) is 2.87. The highest BCUT2D eigenvalue weighted by molar-refractivity contribution is 6.67. The van der Waals surface area contributed by atoms with E-state index < -0.39 is 0 Å². The van der Waals surface area contributed by atoms with Gasteiger partial charge in [-0.15, -0.1) is 0 Å². The van der Waals surface area contributed by atoms with Gasteiger partial charge in [0, 0.05) is 12.6 Å². The van der Waals surface area contributed by atoms with Gasteiger partial charge < -0.3 is 18.7 Å². The molecule has 0 radical (unpaired) electrons. The smallest absolute Gasteiger partial charge is 0.354 e. The molecule has 0 atom stereocenters. The lowest BCUT2D eigenvalue weighted by Crippen LogP contribution is -2.61. The van der Waals surface area contributed by atoms with Crippen LogP contribution in [0.3, 0.4) is 0 Å². The second-order valence-corrected chi connectivity index (χ2v) is 9.15. The third kappa shape index (κ3) is 3.30. The molecule has 1 aromatic heterocycles. The van der Waals surface area contributed by atoms with E-state index in [0.717, 1.165) is 22.3 Å². The summed E-state index contributed by atoms with van der Waals surface area (Å²) in [6, 6.07) is 6.36. The highest BCUT2D eigenvalue weighted by atomic mass is 16.6. The molecule has 6 heteroatoms. The van der Waals surface area contributed by atoms with Crippen LogP contribution in [0.1, 0.15) is 54.3 Å². The summed E-state index contributed by atoms with van der Waals surface area (Å²) >= 11 is 0. The molecule has 0 saturated carbocycles. The molecule has 26 heavy (non-hydrogen) atoms. The summed E-state index contributed by atoms with van der Waals surface area (Å²) in [6.07, 6.45) is 0. The molecule has 1 aliphatic heterocycles. The van der Waals surface area contributed by atoms with Gasteiger partial charge >= 0.3 is 6.92 Å². The second-order valence-electron chi connectivity index (χ2n) is 9.15. The minimum absolute atomic E-state index is 0.0865. The maximum atomic E-state index is 6.42. The summed E-state index contributed by atoms with van der Waals surface area (Å²) in [4.78, 5) is 4.77. The van der Waals surface area contributed by atoms with E-state index in [4.69, 9.17) is 19.1 Å². The molecule has 1 aromatic carbocycles. The number of nitrogens with zero attached hydrogens (tertiary/aromatic N) is 2. The Kier molecular flexibility index (Phi) is 4.74. The summed E-state index contributed by atoms with van der Waals surface area (Å²) in [5.41, 5.74) is 2.44. The number of hydrogen-bond donors (Lipinski definition) is 0. The van der Waals surface area contributed by atoms with Crippen molar-refractivity contribution in [1.29, 1.82) is 0 Å². The molecule has 1 saturated heterocycles. The van der Waals surface area contributed by atoms with Gasteiger partial charge in [-0.3, -0.25) is 0 Å². The SMILES string of the molecule is COCc1nc2ccc(B3COC(C)(C)C(C)(C)O3)cc2n1C(C)(C)C. The van der Waals surface area contributed by atoms with Crippen LogP contribution in [0.25, 0.3) is 11.0 Å². The molecule has 142 valence electrons. The van der Waals surface area contributed by atoms with Crippen LogP contribution < -0.4 is 5.46 Å². The lowest BCUT2D eigenvalue weighted by Gasteiger charge is -2.47. The first-order valence-corrected chi connectivity index (χ1v) is 9.29. The lowest BCUT2D eigenvalue weighted by molar-refractivity contribution is -0.152. The van der Waals surface area contributed by atoms with Crippen LogP contribution in [0.15, 0.2) is 18.2 Å². The molecule has 2 heterocycles. The minimum atomic E-state index is -0.365. The molecule has 0 bridgehead atoms. The molecule has 2 aromatic rings. The number of fused-ring (bicyclic) bond motifs is 1. The second kappa shape index (κ2) is 6.36. The minimum Gasteiger partial charge on any atom is -0.421 e. The predicted molar refractivity (Wildman–Crippen MR) is 106 cm³/mol. The quantitative estimate of drug-likeness (QED) is 0.790. The maximum Gasteiger partial charge on any atom is 0.354 e. The zero-order valence-electron chi connectivity index (χ0n) is 17.3. The first-order chi connectivity index (χ1) is 12.0. The van der Waals surface area contributed by atoms with E-state index in [1.54, 1.807) is 7.11 Å². The van der Waals surface area contributed by atoms with Crippen molar-refractivity contribution >= 4 is 23.4 Å². The van der Waals surface area contributed by atoms with E-state index in [0.29, 0.717) is 13.1 Å². The number of rotatable bonds is 3. The third-order valence-corrected chi connectivity index (χ3v) is 5.55. The van der Waals surface area contributed by atoms with Crippen LogP contribution in [-0.2, 0) is 26.3 Å². The zero-order valence-corrected chi connectivity index (χ0v) is 17.3. The van der Waals surface area contributed by atoms with Crippen molar-refractivity contribution in [3.8, 4) is 0 Å². The monoisotopic (exact) mass is 358 g/mol. The average molecular weight is 358 g/mol. The molecule has 1 aliphatic rings. The summed E-state index contributed by atoms with van der Waals surface area (Å²) in [7, 11) is 1.70. The highest BCUT2D eigenvalue weighted by Crippen LogP contribution is 2.33. The van der Waals surface area contributed by atoms with Crippen LogP contribution in [0, 0.1) is 0 Å². The van der Waals surface area contributed by atoms with E-state index >= 15 is 0 Å². The molecular weight excluding hydrogens is 327 g/mol. The largest absolute Gasteiger partial charge is 0.421 e. The van der Waals surface area contributed by atoms with E-state index in [2.05, 4.69) is 71.2 Å². The Hall–Kier alpha value is -1.37. The Morgan fingerprint density at radius 1 is 1.19 bits per heavy atom. The summed E-state index contributed by atoms with van der Waals surface area (Å²) in [6.45, 7) is 15.9. The fraction of sp³-hybridized carbons (Fsp3) is 0.650. The molecule has 5 nitrogen and oxygen atoms in total. The van der Waals surface area contributed by atoms with Crippen molar-refractivity contribution in [3.05, 3.63) is 24.0 Å². The van der Waals surface area contributed by atoms with Crippen LogP contribution >= 0.6 is 0 Å². The molecule has 0 spiro atoms. The Morgan fingerprint density at radius 3 is 2.46 bits per heavy atom. The number of methoxy groups -OCH3 is 1. The molecule has 0 aliphatic carbocycles. The highest BCUT2D eigenvalue weighted by Gasteiger charge is 2.46. The van der Waals surface area contributed by atoms with Gasteiger partial charge in [0.1, 0.15) is 12.4 Å². The molecule has 1 fully saturated rings. The fourth-order valence-corrected chi connectivity index (χ4v) is 3.47. The summed E-state index contributed by atoms with van der Waals surface area (Å²) < 4.78 is 20.2. The maximum absolute atomic E-state index is 6.42.